The summed E-state index contributed by atoms with van der Waals surface area (Å²) in [5, 5.41) is 24.8. The number of aliphatic hydroxyl groups excluding tert-OH is 1. The first-order valence-electron chi connectivity index (χ1n) is 7.81. The summed E-state index contributed by atoms with van der Waals surface area (Å²) in [6.45, 7) is 3.37. The third-order valence-corrected chi connectivity index (χ3v) is 4.44. The van der Waals surface area contributed by atoms with Crippen LogP contribution in [0.1, 0.15) is 24.1 Å². The largest absolute Gasteiger partial charge is 0.390 e. The molecule has 0 aliphatic carbocycles. The van der Waals surface area contributed by atoms with Crippen LogP contribution < -0.4 is 0 Å². The Morgan fingerprint density at radius 1 is 1.50 bits per heavy atom. The van der Waals surface area contributed by atoms with Crippen molar-refractivity contribution < 1.29 is 14.4 Å². The highest BCUT2D eigenvalue weighted by Gasteiger charge is 2.26. The Morgan fingerprint density at radius 3 is 3.00 bits per heavy atom. The molecule has 0 amide bonds. The fraction of sp³-hybridized carbons (Fsp3) is 0.438. The van der Waals surface area contributed by atoms with Gasteiger partial charge in [0.2, 0.25) is 0 Å². The number of benzene rings is 1. The minimum absolute atomic E-state index is 0.0796. The Kier molecular flexibility index (Phi) is 4.59. The maximum Gasteiger partial charge on any atom is 0.306 e. The van der Waals surface area contributed by atoms with Gasteiger partial charge in [0.25, 0.3) is 0 Å². The van der Waals surface area contributed by atoms with Gasteiger partial charge in [-0.1, -0.05) is 6.07 Å². The van der Waals surface area contributed by atoms with Crippen LogP contribution in [0.5, 0.6) is 0 Å². The van der Waals surface area contributed by atoms with Crippen molar-refractivity contribution in [2.45, 2.75) is 32.0 Å². The zero-order chi connectivity index (χ0) is 17.3. The smallest absolute Gasteiger partial charge is 0.306 e. The van der Waals surface area contributed by atoms with E-state index in [2.05, 4.69) is 10.00 Å². The van der Waals surface area contributed by atoms with E-state index in [4.69, 9.17) is 0 Å². The van der Waals surface area contributed by atoms with E-state index in [9.17, 15) is 19.6 Å². The van der Waals surface area contributed by atoms with E-state index in [1.807, 2.05) is 6.92 Å². The highest BCUT2D eigenvalue weighted by Crippen LogP contribution is 2.29. The highest BCUT2D eigenvalue weighted by atomic mass is 19.1. The second kappa shape index (κ2) is 6.66. The summed E-state index contributed by atoms with van der Waals surface area (Å²) in [5.41, 5.74) is 1.99. The topological polar surface area (TPSA) is 84.4 Å². The summed E-state index contributed by atoms with van der Waals surface area (Å²) in [4.78, 5) is 12.3. The predicted molar refractivity (Wildman–Crippen MR) is 85.0 cm³/mol. The Bertz CT molecular complexity index is 749. The van der Waals surface area contributed by atoms with Crippen molar-refractivity contribution in [2.75, 3.05) is 13.1 Å². The molecule has 2 aromatic rings. The predicted octanol–water partition coefficient (Wildman–Crippen LogP) is 1.91. The number of hydrogen-bond acceptors (Lipinski definition) is 5. The van der Waals surface area contributed by atoms with Gasteiger partial charge in [-0.3, -0.25) is 19.7 Å². The molecule has 0 fully saturated rings. The SMILES string of the molecule is C[C@H]1c2ccc(F)cc2CCN1C[C@@H](O)Cn1cc([N+](=O)[O-])cn1. The fourth-order valence-electron chi connectivity index (χ4n) is 3.19. The molecule has 0 saturated carbocycles. The number of halogens is 1. The zero-order valence-electron chi connectivity index (χ0n) is 13.3. The molecule has 1 aliphatic heterocycles. The number of aliphatic hydroxyl groups is 1. The molecular weight excluding hydrogens is 315 g/mol. The van der Waals surface area contributed by atoms with Gasteiger partial charge in [0.05, 0.1) is 17.6 Å². The molecule has 8 heteroatoms. The lowest BCUT2D eigenvalue weighted by molar-refractivity contribution is -0.385. The van der Waals surface area contributed by atoms with Gasteiger partial charge in [0, 0.05) is 19.1 Å². The minimum atomic E-state index is -0.700. The standard InChI is InChI=1S/C16H19FN4O3/c1-11-16-3-2-13(17)6-12(16)4-5-19(11)9-15(22)10-20-8-14(7-18-20)21(23)24/h2-3,6-8,11,15,22H,4-5,9-10H2,1H3/t11-,15+/m0/s1. The molecule has 3 rings (SSSR count). The number of aromatic nitrogens is 2. The summed E-state index contributed by atoms with van der Waals surface area (Å²) >= 11 is 0. The van der Waals surface area contributed by atoms with Crippen molar-refractivity contribution >= 4 is 5.69 Å². The van der Waals surface area contributed by atoms with E-state index in [1.165, 1.54) is 23.1 Å². The number of rotatable bonds is 5. The van der Waals surface area contributed by atoms with Gasteiger partial charge in [-0.2, -0.15) is 5.10 Å². The Hall–Kier alpha value is -2.32. The van der Waals surface area contributed by atoms with Gasteiger partial charge >= 0.3 is 5.69 Å². The van der Waals surface area contributed by atoms with Crippen molar-refractivity contribution in [3.8, 4) is 0 Å². The van der Waals surface area contributed by atoms with E-state index >= 15 is 0 Å². The number of fused-ring (bicyclic) bond motifs is 1. The quantitative estimate of drug-likeness (QED) is 0.667. The van der Waals surface area contributed by atoms with Crippen molar-refractivity contribution in [3.63, 3.8) is 0 Å². The molecule has 0 unspecified atom stereocenters. The van der Waals surface area contributed by atoms with Gasteiger partial charge in [-0.05, 0) is 36.6 Å². The number of hydrogen-bond donors (Lipinski definition) is 1. The minimum Gasteiger partial charge on any atom is -0.390 e. The third kappa shape index (κ3) is 3.44. The molecule has 24 heavy (non-hydrogen) atoms. The molecule has 1 N–H and O–H groups in total. The van der Waals surface area contributed by atoms with Crippen LogP contribution in [0.3, 0.4) is 0 Å². The van der Waals surface area contributed by atoms with Crippen LogP contribution in [0.25, 0.3) is 0 Å². The molecule has 1 aliphatic rings. The molecule has 1 aromatic heterocycles. The Morgan fingerprint density at radius 2 is 2.29 bits per heavy atom. The first-order chi connectivity index (χ1) is 11.4. The third-order valence-electron chi connectivity index (χ3n) is 4.44. The van der Waals surface area contributed by atoms with Crippen molar-refractivity contribution in [2.24, 2.45) is 0 Å². The molecule has 0 radical (unpaired) electrons. The van der Waals surface area contributed by atoms with E-state index in [0.29, 0.717) is 6.54 Å². The first-order valence-corrected chi connectivity index (χ1v) is 7.81. The van der Waals surface area contributed by atoms with Crippen LogP contribution in [-0.2, 0) is 13.0 Å². The zero-order valence-corrected chi connectivity index (χ0v) is 13.3. The highest BCUT2D eigenvalue weighted by molar-refractivity contribution is 5.32. The molecule has 0 saturated heterocycles. The van der Waals surface area contributed by atoms with E-state index in [1.54, 1.807) is 12.1 Å². The van der Waals surface area contributed by atoms with Crippen LogP contribution in [0, 0.1) is 15.9 Å². The average Bonchev–Trinajstić information content (AvgIpc) is 2.98. The number of nitrogens with zero attached hydrogens (tertiary/aromatic N) is 4. The summed E-state index contributed by atoms with van der Waals surface area (Å²) in [6, 6.07) is 4.90. The summed E-state index contributed by atoms with van der Waals surface area (Å²) in [6.07, 6.45) is 2.51. The lowest BCUT2D eigenvalue weighted by Gasteiger charge is -2.36. The van der Waals surface area contributed by atoms with Crippen molar-refractivity contribution in [1.29, 1.82) is 0 Å². The molecule has 2 heterocycles. The normalized spacial score (nSPS) is 19.0. The molecule has 1 aromatic carbocycles. The molecule has 128 valence electrons. The molecule has 2 atom stereocenters. The summed E-state index contributed by atoms with van der Waals surface area (Å²) in [5.74, 6) is -0.227. The second-order valence-electron chi connectivity index (χ2n) is 6.10. The van der Waals surface area contributed by atoms with Crippen LogP contribution in [0.2, 0.25) is 0 Å². The first kappa shape index (κ1) is 16.5. The molecule has 0 bridgehead atoms. The van der Waals surface area contributed by atoms with Gasteiger partial charge in [-0.25, -0.2) is 4.39 Å². The van der Waals surface area contributed by atoms with Crippen LogP contribution >= 0.6 is 0 Å². The van der Waals surface area contributed by atoms with Crippen molar-refractivity contribution in [3.05, 3.63) is 57.7 Å². The van der Waals surface area contributed by atoms with Gasteiger partial charge in [-0.15, -0.1) is 0 Å². The average molecular weight is 334 g/mol. The fourth-order valence-corrected chi connectivity index (χ4v) is 3.19. The van der Waals surface area contributed by atoms with E-state index in [-0.39, 0.29) is 24.1 Å². The Labute approximate surface area is 138 Å². The van der Waals surface area contributed by atoms with Crippen LogP contribution in [0.15, 0.2) is 30.6 Å². The maximum absolute atomic E-state index is 13.3. The second-order valence-corrected chi connectivity index (χ2v) is 6.10. The van der Waals surface area contributed by atoms with Gasteiger partial charge < -0.3 is 5.11 Å². The monoisotopic (exact) mass is 334 g/mol. The van der Waals surface area contributed by atoms with Crippen LogP contribution in [-0.4, -0.2) is 43.9 Å². The lowest BCUT2D eigenvalue weighted by Crippen LogP contribution is -2.40. The summed E-state index contributed by atoms with van der Waals surface area (Å²) in [7, 11) is 0. The Balaban J connectivity index is 1.63. The summed E-state index contributed by atoms with van der Waals surface area (Å²) < 4.78 is 14.7. The molecular formula is C16H19FN4O3. The van der Waals surface area contributed by atoms with E-state index in [0.717, 1.165) is 24.1 Å². The number of nitro groups is 1. The van der Waals surface area contributed by atoms with E-state index < -0.39 is 11.0 Å². The molecule has 0 spiro atoms. The lowest BCUT2D eigenvalue weighted by atomic mass is 9.93. The molecule has 7 nitrogen and oxygen atoms in total. The van der Waals surface area contributed by atoms with Gasteiger partial charge in [0.15, 0.2) is 0 Å². The van der Waals surface area contributed by atoms with Crippen LogP contribution in [0.4, 0.5) is 10.1 Å². The maximum atomic E-state index is 13.3. The van der Waals surface area contributed by atoms with Gasteiger partial charge in [0.1, 0.15) is 18.2 Å². The van der Waals surface area contributed by atoms with Crippen molar-refractivity contribution in [1.82, 2.24) is 14.7 Å². The number of β-amino-alcohol motifs (C(OH)–C–C–N with tert-alkyl or cyclic N) is 1.